The normalized spacial score (nSPS) is 25.0. The molecule has 0 aromatic heterocycles. The molecule has 1 aromatic carbocycles. The van der Waals surface area contributed by atoms with Crippen LogP contribution in [-0.2, 0) is 0 Å². The Kier molecular flexibility index (Phi) is 3.37. The highest BCUT2D eigenvalue weighted by Crippen LogP contribution is 2.41. The lowest BCUT2D eigenvalue weighted by Gasteiger charge is -2.28. The van der Waals surface area contributed by atoms with Crippen LogP contribution in [0.15, 0.2) is 23.1 Å². The van der Waals surface area contributed by atoms with E-state index < -0.39 is 0 Å². The van der Waals surface area contributed by atoms with Gasteiger partial charge in [0.2, 0.25) is 0 Å². The Morgan fingerprint density at radius 2 is 2.27 bits per heavy atom. The molecule has 0 aliphatic carbocycles. The minimum absolute atomic E-state index is 0.249. The van der Waals surface area contributed by atoms with Crippen LogP contribution in [0.5, 0.6) is 0 Å². The molecule has 0 amide bonds. The average molecular weight is 221 g/mol. The predicted octanol–water partition coefficient (Wildman–Crippen LogP) is 3.66. The van der Waals surface area contributed by atoms with E-state index >= 15 is 0 Å². The van der Waals surface area contributed by atoms with Crippen LogP contribution in [0.1, 0.15) is 43.4 Å². The second-order valence-corrected chi connectivity index (χ2v) is 5.75. The zero-order valence-corrected chi connectivity index (χ0v) is 10.3. The molecule has 1 aliphatic rings. The third kappa shape index (κ3) is 2.37. The maximum atomic E-state index is 6.20. The van der Waals surface area contributed by atoms with Crippen molar-refractivity contribution in [1.82, 2.24) is 0 Å². The summed E-state index contributed by atoms with van der Waals surface area (Å²) in [6, 6.07) is 6.89. The summed E-state index contributed by atoms with van der Waals surface area (Å²) in [5.74, 6) is 0. The molecular weight excluding hydrogens is 202 g/mol. The van der Waals surface area contributed by atoms with E-state index in [2.05, 4.69) is 32.0 Å². The monoisotopic (exact) mass is 221 g/mol. The Morgan fingerprint density at radius 1 is 1.47 bits per heavy atom. The molecular formula is C13H19NS. The summed E-state index contributed by atoms with van der Waals surface area (Å²) in [4.78, 5) is 1.41. The minimum Gasteiger partial charge on any atom is -0.324 e. The van der Waals surface area contributed by atoms with Gasteiger partial charge in [-0.15, -0.1) is 11.8 Å². The fraction of sp³-hybridized carbons (Fsp3) is 0.538. The van der Waals surface area contributed by atoms with Crippen LogP contribution in [0.4, 0.5) is 0 Å². The van der Waals surface area contributed by atoms with Crippen LogP contribution in [0.2, 0.25) is 0 Å². The molecule has 0 radical (unpaired) electrons. The number of fused-ring (bicyclic) bond motifs is 1. The standard InChI is InChI=1S/C13H19NS/c1-3-4-10-8-12(14)11-6-5-9(2)7-13(11)15-10/h5-7,10,12H,3-4,8,14H2,1-2H3. The van der Waals surface area contributed by atoms with E-state index in [1.807, 2.05) is 11.8 Å². The van der Waals surface area contributed by atoms with Crippen LogP contribution < -0.4 is 5.73 Å². The first kappa shape index (κ1) is 11.0. The maximum Gasteiger partial charge on any atom is 0.0316 e. The fourth-order valence-electron chi connectivity index (χ4n) is 2.19. The van der Waals surface area contributed by atoms with Crippen LogP contribution in [0.25, 0.3) is 0 Å². The Labute approximate surface area is 96.4 Å². The van der Waals surface area contributed by atoms with Gasteiger partial charge < -0.3 is 5.73 Å². The van der Waals surface area contributed by atoms with Crippen molar-refractivity contribution < 1.29 is 0 Å². The Morgan fingerprint density at radius 3 is 3.00 bits per heavy atom. The van der Waals surface area contributed by atoms with E-state index in [1.165, 1.54) is 28.9 Å². The number of benzene rings is 1. The smallest absolute Gasteiger partial charge is 0.0316 e. The maximum absolute atomic E-state index is 6.20. The zero-order valence-electron chi connectivity index (χ0n) is 9.49. The van der Waals surface area contributed by atoms with E-state index in [-0.39, 0.29) is 6.04 Å². The highest BCUT2D eigenvalue weighted by Gasteiger charge is 2.24. The van der Waals surface area contributed by atoms with Gasteiger partial charge in [-0.1, -0.05) is 25.5 Å². The number of nitrogens with two attached hydrogens (primary N) is 1. The van der Waals surface area contributed by atoms with Gasteiger partial charge in [-0.25, -0.2) is 0 Å². The van der Waals surface area contributed by atoms with E-state index in [0.717, 1.165) is 11.7 Å². The third-order valence-corrected chi connectivity index (χ3v) is 4.36. The first-order valence-electron chi connectivity index (χ1n) is 5.73. The predicted molar refractivity (Wildman–Crippen MR) is 67.3 cm³/mol. The number of rotatable bonds is 2. The van der Waals surface area contributed by atoms with Crippen LogP contribution in [-0.4, -0.2) is 5.25 Å². The van der Waals surface area contributed by atoms with Crippen LogP contribution in [0, 0.1) is 6.92 Å². The molecule has 2 atom stereocenters. The molecule has 1 nitrogen and oxygen atoms in total. The van der Waals surface area contributed by atoms with E-state index in [0.29, 0.717) is 0 Å². The summed E-state index contributed by atoms with van der Waals surface area (Å²) in [6.45, 7) is 4.40. The fourth-order valence-corrected chi connectivity index (χ4v) is 3.81. The lowest BCUT2D eigenvalue weighted by molar-refractivity contribution is 0.575. The van der Waals surface area contributed by atoms with Crippen molar-refractivity contribution in [2.75, 3.05) is 0 Å². The molecule has 15 heavy (non-hydrogen) atoms. The molecule has 2 unspecified atom stereocenters. The van der Waals surface area contributed by atoms with Crippen molar-refractivity contribution in [3.05, 3.63) is 29.3 Å². The summed E-state index contributed by atoms with van der Waals surface area (Å²) in [7, 11) is 0. The molecule has 2 heteroatoms. The lowest BCUT2D eigenvalue weighted by Crippen LogP contribution is -2.22. The topological polar surface area (TPSA) is 26.0 Å². The van der Waals surface area contributed by atoms with Crippen molar-refractivity contribution in [3.63, 3.8) is 0 Å². The summed E-state index contributed by atoms with van der Waals surface area (Å²) >= 11 is 2.02. The minimum atomic E-state index is 0.249. The SMILES string of the molecule is CCCC1CC(N)c2ccc(C)cc2S1. The van der Waals surface area contributed by atoms with Gasteiger partial charge in [0, 0.05) is 16.2 Å². The highest BCUT2D eigenvalue weighted by atomic mass is 32.2. The van der Waals surface area contributed by atoms with Crippen LogP contribution in [0.3, 0.4) is 0 Å². The summed E-state index contributed by atoms with van der Waals surface area (Å²) in [5, 5.41) is 0.722. The van der Waals surface area contributed by atoms with Crippen molar-refractivity contribution in [1.29, 1.82) is 0 Å². The van der Waals surface area contributed by atoms with E-state index in [4.69, 9.17) is 5.73 Å². The van der Waals surface area contributed by atoms with Crippen LogP contribution >= 0.6 is 11.8 Å². The zero-order chi connectivity index (χ0) is 10.8. The van der Waals surface area contributed by atoms with Gasteiger partial charge in [0.25, 0.3) is 0 Å². The van der Waals surface area contributed by atoms with Gasteiger partial charge in [-0.3, -0.25) is 0 Å². The highest BCUT2D eigenvalue weighted by molar-refractivity contribution is 8.00. The quantitative estimate of drug-likeness (QED) is 0.824. The first-order valence-corrected chi connectivity index (χ1v) is 6.61. The Hall–Kier alpha value is -0.470. The number of thioether (sulfide) groups is 1. The Bertz CT molecular complexity index is 348. The summed E-state index contributed by atoms with van der Waals surface area (Å²) in [6.07, 6.45) is 3.67. The molecule has 0 saturated carbocycles. The van der Waals surface area contributed by atoms with Gasteiger partial charge in [-0.05, 0) is 37.0 Å². The molecule has 1 aromatic rings. The van der Waals surface area contributed by atoms with Gasteiger partial charge >= 0.3 is 0 Å². The summed E-state index contributed by atoms with van der Waals surface area (Å²) < 4.78 is 0. The van der Waals surface area contributed by atoms with E-state index in [1.54, 1.807) is 0 Å². The molecule has 0 fully saturated rings. The molecule has 1 heterocycles. The molecule has 2 N–H and O–H groups in total. The second-order valence-electron chi connectivity index (χ2n) is 4.41. The molecule has 82 valence electrons. The third-order valence-electron chi connectivity index (χ3n) is 2.99. The van der Waals surface area contributed by atoms with E-state index in [9.17, 15) is 0 Å². The van der Waals surface area contributed by atoms with Gasteiger partial charge in [0.1, 0.15) is 0 Å². The molecule has 0 spiro atoms. The largest absolute Gasteiger partial charge is 0.324 e. The molecule has 0 bridgehead atoms. The summed E-state index contributed by atoms with van der Waals surface area (Å²) in [5.41, 5.74) is 8.89. The van der Waals surface area contributed by atoms with Crippen molar-refractivity contribution in [2.24, 2.45) is 5.73 Å². The van der Waals surface area contributed by atoms with Gasteiger partial charge in [0.05, 0.1) is 0 Å². The second kappa shape index (κ2) is 4.58. The average Bonchev–Trinajstić information content (AvgIpc) is 2.17. The van der Waals surface area contributed by atoms with Crippen molar-refractivity contribution in [2.45, 2.75) is 49.3 Å². The van der Waals surface area contributed by atoms with Gasteiger partial charge in [-0.2, -0.15) is 0 Å². The Balaban J connectivity index is 2.25. The van der Waals surface area contributed by atoms with Crippen molar-refractivity contribution >= 4 is 11.8 Å². The number of hydrogen-bond donors (Lipinski definition) is 1. The molecule has 0 saturated heterocycles. The van der Waals surface area contributed by atoms with Gasteiger partial charge in [0.15, 0.2) is 0 Å². The molecule has 1 aliphatic heterocycles. The number of hydrogen-bond acceptors (Lipinski definition) is 2. The van der Waals surface area contributed by atoms with Crippen molar-refractivity contribution in [3.8, 4) is 0 Å². The lowest BCUT2D eigenvalue weighted by atomic mass is 9.99. The number of aryl methyl sites for hydroxylation is 1. The molecule has 2 rings (SSSR count). The first-order chi connectivity index (χ1) is 7.20.